The molecule has 0 aromatic carbocycles. The van der Waals surface area contributed by atoms with Gasteiger partial charge in [-0.05, 0) is 31.1 Å². The van der Waals surface area contributed by atoms with E-state index in [2.05, 4.69) is 46.4 Å². The van der Waals surface area contributed by atoms with Crippen LogP contribution < -0.4 is 0 Å². The molecule has 1 saturated carbocycles. The van der Waals surface area contributed by atoms with Crippen LogP contribution >= 0.6 is 0 Å². The second-order valence-electron chi connectivity index (χ2n) is 5.41. The molecular formula is C15H24. The molecular weight excluding hydrogens is 180 g/mol. The normalized spacial score (nSPS) is 29.2. The molecule has 0 amide bonds. The highest BCUT2D eigenvalue weighted by Crippen LogP contribution is 2.43. The molecule has 0 radical (unpaired) electrons. The fourth-order valence-corrected chi connectivity index (χ4v) is 2.50. The number of hydrogen-bond donors (Lipinski definition) is 0. The van der Waals surface area contributed by atoms with Crippen LogP contribution in [0.5, 0.6) is 0 Å². The van der Waals surface area contributed by atoms with Crippen LogP contribution in [0.4, 0.5) is 0 Å². The van der Waals surface area contributed by atoms with Crippen molar-refractivity contribution in [3.63, 3.8) is 0 Å². The van der Waals surface area contributed by atoms with Gasteiger partial charge in [-0.2, -0.15) is 0 Å². The largest absolute Gasteiger partial charge is 0.0988 e. The maximum absolute atomic E-state index is 3.78. The molecule has 0 bridgehead atoms. The Kier molecular flexibility index (Phi) is 3.96. The summed E-state index contributed by atoms with van der Waals surface area (Å²) in [6.45, 7) is 13.0. The van der Waals surface area contributed by atoms with E-state index in [4.69, 9.17) is 0 Å². The predicted molar refractivity (Wildman–Crippen MR) is 68.8 cm³/mol. The molecule has 15 heavy (non-hydrogen) atoms. The van der Waals surface area contributed by atoms with E-state index < -0.39 is 0 Å². The van der Waals surface area contributed by atoms with Gasteiger partial charge in [-0.1, -0.05) is 63.1 Å². The fourth-order valence-electron chi connectivity index (χ4n) is 2.50. The van der Waals surface area contributed by atoms with Crippen molar-refractivity contribution in [2.24, 2.45) is 11.3 Å². The van der Waals surface area contributed by atoms with Crippen molar-refractivity contribution in [3.8, 4) is 0 Å². The Balaban J connectivity index is 2.93. The van der Waals surface area contributed by atoms with E-state index in [0.29, 0.717) is 5.41 Å². The molecule has 0 spiro atoms. The molecule has 0 aliphatic heterocycles. The topological polar surface area (TPSA) is 0 Å². The van der Waals surface area contributed by atoms with Gasteiger partial charge in [0.1, 0.15) is 0 Å². The quantitative estimate of drug-likeness (QED) is 0.562. The van der Waals surface area contributed by atoms with Crippen molar-refractivity contribution >= 4 is 0 Å². The second kappa shape index (κ2) is 4.83. The molecule has 0 heterocycles. The lowest BCUT2D eigenvalue weighted by Gasteiger charge is -2.37. The van der Waals surface area contributed by atoms with Crippen molar-refractivity contribution in [2.45, 2.75) is 47.0 Å². The summed E-state index contributed by atoms with van der Waals surface area (Å²) in [7, 11) is 0. The summed E-state index contributed by atoms with van der Waals surface area (Å²) in [6.07, 6.45) is 10.5. The zero-order valence-electron chi connectivity index (χ0n) is 10.6. The smallest absolute Gasteiger partial charge is 0.0139 e. The van der Waals surface area contributed by atoms with Crippen molar-refractivity contribution < 1.29 is 0 Å². The van der Waals surface area contributed by atoms with E-state index in [0.717, 1.165) is 5.92 Å². The lowest BCUT2D eigenvalue weighted by atomic mass is 9.68. The zero-order valence-corrected chi connectivity index (χ0v) is 10.6. The average molecular weight is 204 g/mol. The lowest BCUT2D eigenvalue weighted by Crippen LogP contribution is -2.24. The maximum Gasteiger partial charge on any atom is -0.0139 e. The molecule has 0 heteroatoms. The van der Waals surface area contributed by atoms with Crippen LogP contribution in [0, 0.1) is 11.3 Å². The van der Waals surface area contributed by atoms with E-state index in [9.17, 15) is 0 Å². The Morgan fingerprint density at radius 3 is 2.67 bits per heavy atom. The summed E-state index contributed by atoms with van der Waals surface area (Å²) in [5, 5.41) is 0. The highest BCUT2D eigenvalue weighted by Gasteiger charge is 2.30. The maximum atomic E-state index is 3.78. The predicted octanol–water partition coefficient (Wildman–Crippen LogP) is 4.89. The summed E-state index contributed by atoms with van der Waals surface area (Å²) < 4.78 is 0. The summed E-state index contributed by atoms with van der Waals surface area (Å²) >= 11 is 0. The first-order valence-corrected chi connectivity index (χ1v) is 5.99. The molecule has 1 aliphatic carbocycles. The summed E-state index contributed by atoms with van der Waals surface area (Å²) in [5.41, 5.74) is 3.24. The second-order valence-corrected chi connectivity index (χ2v) is 5.41. The third-order valence-corrected chi connectivity index (χ3v) is 3.60. The van der Waals surface area contributed by atoms with Crippen LogP contribution in [-0.2, 0) is 0 Å². The lowest BCUT2D eigenvalue weighted by molar-refractivity contribution is 0.290. The van der Waals surface area contributed by atoms with Gasteiger partial charge in [-0.3, -0.25) is 0 Å². The molecule has 0 aromatic rings. The van der Waals surface area contributed by atoms with Crippen molar-refractivity contribution in [2.75, 3.05) is 0 Å². The number of allylic oxidation sites excluding steroid dienone is 5. The third kappa shape index (κ3) is 3.09. The molecule has 1 fully saturated rings. The van der Waals surface area contributed by atoms with Gasteiger partial charge >= 0.3 is 0 Å². The van der Waals surface area contributed by atoms with E-state index in [1.165, 1.54) is 24.8 Å². The summed E-state index contributed by atoms with van der Waals surface area (Å²) in [4.78, 5) is 0. The highest BCUT2D eigenvalue weighted by molar-refractivity contribution is 5.27. The molecule has 84 valence electrons. The molecule has 0 N–H and O–H groups in total. The Labute approximate surface area is 94.8 Å². The molecule has 0 saturated heterocycles. The van der Waals surface area contributed by atoms with Crippen LogP contribution in [-0.4, -0.2) is 0 Å². The molecule has 0 aromatic heterocycles. The van der Waals surface area contributed by atoms with E-state index in [-0.39, 0.29) is 0 Å². The minimum absolute atomic E-state index is 0.385. The Morgan fingerprint density at radius 2 is 2.13 bits per heavy atom. The Hall–Kier alpha value is -0.780. The third-order valence-electron chi connectivity index (χ3n) is 3.60. The van der Waals surface area contributed by atoms with E-state index in [1.807, 2.05) is 6.08 Å². The molecule has 0 nitrogen and oxygen atoms in total. The van der Waals surface area contributed by atoms with Crippen LogP contribution in [0.15, 0.2) is 36.0 Å². The van der Waals surface area contributed by atoms with Gasteiger partial charge in [0.05, 0.1) is 0 Å². The summed E-state index contributed by atoms with van der Waals surface area (Å²) in [5.74, 6) is 0.739. The van der Waals surface area contributed by atoms with Gasteiger partial charge < -0.3 is 0 Å². The molecule has 1 atom stereocenters. The van der Waals surface area contributed by atoms with Crippen molar-refractivity contribution in [3.05, 3.63) is 36.0 Å². The van der Waals surface area contributed by atoms with Gasteiger partial charge in [0, 0.05) is 0 Å². The van der Waals surface area contributed by atoms with Gasteiger partial charge in [0.2, 0.25) is 0 Å². The van der Waals surface area contributed by atoms with Crippen LogP contribution in [0.1, 0.15) is 47.0 Å². The van der Waals surface area contributed by atoms with Crippen LogP contribution in [0.3, 0.4) is 0 Å². The van der Waals surface area contributed by atoms with Crippen molar-refractivity contribution in [1.82, 2.24) is 0 Å². The molecule has 1 aliphatic rings. The van der Waals surface area contributed by atoms with Gasteiger partial charge in [0.15, 0.2) is 0 Å². The average Bonchev–Trinajstić information content (AvgIpc) is 2.15. The minimum Gasteiger partial charge on any atom is -0.0988 e. The molecule has 1 rings (SSSR count). The van der Waals surface area contributed by atoms with Crippen LogP contribution in [0.25, 0.3) is 0 Å². The number of hydrogen-bond acceptors (Lipinski definition) is 0. The first-order valence-electron chi connectivity index (χ1n) is 5.99. The Bertz CT molecular complexity index is 289. The minimum atomic E-state index is 0.385. The summed E-state index contributed by atoms with van der Waals surface area (Å²) in [6, 6.07) is 0. The first kappa shape index (κ1) is 12.3. The van der Waals surface area contributed by atoms with Crippen molar-refractivity contribution in [1.29, 1.82) is 0 Å². The highest BCUT2D eigenvalue weighted by atomic mass is 14.3. The Morgan fingerprint density at radius 1 is 1.47 bits per heavy atom. The first-order chi connectivity index (χ1) is 6.97. The molecule has 1 unspecified atom stereocenters. The number of rotatable bonds is 2. The van der Waals surface area contributed by atoms with Gasteiger partial charge in [-0.25, -0.2) is 0 Å². The van der Waals surface area contributed by atoms with Crippen LogP contribution in [0.2, 0.25) is 0 Å². The van der Waals surface area contributed by atoms with Gasteiger partial charge in [-0.15, -0.1) is 0 Å². The SMILES string of the molecule is C=C/C(C)=C/C=C1\C(C)CCCC1(C)C. The van der Waals surface area contributed by atoms with E-state index >= 15 is 0 Å². The van der Waals surface area contributed by atoms with E-state index in [1.54, 1.807) is 5.57 Å². The van der Waals surface area contributed by atoms with Gasteiger partial charge in [0.25, 0.3) is 0 Å². The zero-order chi connectivity index (χ0) is 11.5. The monoisotopic (exact) mass is 204 g/mol. The standard InChI is InChI=1S/C15H24/c1-6-12(2)9-10-14-13(3)8-7-11-15(14,4)5/h6,9-10,13H,1,7-8,11H2,2-5H3/b12-9+,14-10+. The fraction of sp³-hybridized carbons (Fsp3) is 0.600.